The minimum Gasteiger partial charge on any atom is -0.491 e. The molecule has 1 aromatic carbocycles. The van der Waals surface area contributed by atoms with E-state index in [9.17, 15) is 9.59 Å². The predicted molar refractivity (Wildman–Crippen MR) is 87.5 cm³/mol. The number of ether oxygens (including phenoxy) is 3. The molecule has 0 heterocycles. The molecule has 1 rings (SSSR count). The molecule has 1 aromatic rings. The van der Waals surface area contributed by atoms with E-state index in [2.05, 4.69) is 23.9 Å². The number of hydrogen-bond acceptors (Lipinski definition) is 6. The number of benzene rings is 1. The SMILES string of the molecule is COC(=O)CC(Nc1ccccc1OCCC(C)C)C(=O)OC. The average Bonchev–Trinajstić information content (AvgIpc) is 2.54. The summed E-state index contributed by atoms with van der Waals surface area (Å²) >= 11 is 0. The summed E-state index contributed by atoms with van der Waals surface area (Å²) in [6.45, 7) is 4.82. The van der Waals surface area contributed by atoms with Crippen molar-refractivity contribution in [3.63, 3.8) is 0 Å². The van der Waals surface area contributed by atoms with E-state index in [-0.39, 0.29) is 6.42 Å². The van der Waals surface area contributed by atoms with Gasteiger partial charge in [-0.05, 0) is 24.5 Å². The molecule has 0 bridgehead atoms. The number of anilines is 1. The zero-order valence-corrected chi connectivity index (χ0v) is 14.1. The minimum absolute atomic E-state index is 0.122. The second kappa shape index (κ2) is 9.71. The molecule has 0 fully saturated rings. The van der Waals surface area contributed by atoms with Crippen molar-refractivity contribution in [3.05, 3.63) is 24.3 Å². The Morgan fingerprint density at radius 2 is 1.83 bits per heavy atom. The van der Waals surface area contributed by atoms with Crippen LogP contribution in [0.5, 0.6) is 5.75 Å². The van der Waals surface area contributed by atoms with Crippen molar-refractivity contribution in [2.75, 3.05) is 26.1 Å². The van der Waals surface area contributed by atoms with Crippen LogP contribution < -0.4 is 10.1 Å². The van der Waals surface area contributed by atoms with E-state index in [0.717, 1.165) is 6.42 Å². The zero-order chi connectivity index (χ0) is 17.2. The van der Waals surface area contributed by atoms with E-state index in [0.29, 0.717) is 24.0 Å². The Morgan fingerprint density at radius 1 is 1.13 bits per heavy atom. The summed E-state index contributed by atoms with van der Waals surface area (Å²) in [6, 6.07) is 6.45. The molecule has 6 nitrogen and oxygen atoms in total. The molecule has 6 heteroatoms. The van der Waals surface area contributed by atoms with Crippen molar-refractivity contribution in [2.24, 2.45) is 5.92 Å². The lowest BCUT2D eigenvalue weighted by Crippen LogP contribution is -2.33. The summed E-state index contributed by atoms with van der Waals surface area (Å²) < 4.78 is 15.1. The normalized spacial score (nSPS) is 11.7. The second-order valence-corrected chi connectivity index (χ2v) is 5.53. The Labute approximate surface area is 137 Å². The lowest BCUT2D eigenvalue weighted by Gasteiger charge is -2.19. The van der Waals surface area contributed by atoms with E-state index in [1.165, 1.54) is 14.2 Å². The van der Waals surface area contributed by atoms with Gasteiger partial charge >= 0.3 is 11.9 Å². The molecule has 1 atom stereocenters. The van der Waals surface area contributed by atoms with Gasteiger partial charge in [0.1, 0.15) is 11.8 Å². The monoisotopic (exact) mass is 323 g/mol. The fraction of sp³-hybridized carbons (Fsp3) is 0.529. The van der Waals surface area contributed by atoms with Crippen molar-refractivity contribution < 1.29 is 23.8 Å². The quantitative estimate of drug-likeness (QED) is 0.704. The van der Waals surface area contributed by atoms with Crippen molar-refractivity contribution in [1.29, 1.82) is 0 Å². The number of methoxy groups -OCH3 is 2. The van der Waals surface area contributed by atoms with Crippen LogP contribution in [0.3, 0.4) is 0 Å². The van der Waals surface area contributed by atoms with E-state index in [1.807, 2.05) is 18.2 Å². The topological polar surface area (TPSA) is 73.9 Å². The number of carbonyl (C=O) groups is 2. The Hall–Kier alpha value is -2.24. The van der Waals surface area contributed by atoms with Crippen LogP contribution in [0.15, 0.2) is 24.3 Å². The van der Waals surface area contributed by atoms with Crippen LogP contribution >= 0.6 is 0 Å². The third-order valence-corrected chi connectivity index (χ3v) is 3.25. The molecule has 1 unspecified atom stereocenters. The average molecular weight is 323 g/mol. The van der Waals surface area contributed by atoms with Gasteiger partial charge in [-0.3, -0.25) is 4.79 Å². The summed E-state index contributed by atoms with van der Waals surface area (Å²) in [5.41, 5.74) is 0.635. The van der Waals surface area contributed by atoms with Gasteiger partial charge < -0.3 is 19.5 Å². The predicted octanol–water partition coefficient (Wildman–Crippen LogP) is 2.63. The number of esters is 2. The number of nitrogens with one attached hydrogen (secondary N) is 1. The maximum atomic E-state index is 11.8. The Bertz CT molecular complexity index is 515. The molecule has 0 aromatic heterocycles. The van der Waals surface area contributed by atoms with Crippen molar-refractivity contribution in [2.45, 2.75) is 32.7 Å². The molecule has 0 spiro atoms. The van der Waals surface area contributed by atoms with Gasteiger partial charge in [-0.15, -0.1) is 0 Å². The van der Waals surface area contributed by atoms with Gasteiger partial charge in [0.2, 0.25) is 0 Å². The third-order valence-electron chi connectivity index (χ3n) is 3.25. The van der Waals surface area contributed by atoms with Gasteiger partial charge in [0.15, 0.2) is 0 Å². The van der Waals surface area contributed by atoms with Crippen LogP contribution in [0.2, 0.25) is 0 Å². The van der Waals surface area contributed by atoms with Crippen LogP contribution in [0.1, 0.15) is 26.7 Å². The van der Waals surface area contributed by atoms with Gasteiger partial charge in [0.25, 0.3) is 0 Å². The van der Waals surface area contributed by atoms with Gasteiger partial charge in [-0.1, -0.05) is 26.0 Å². The summed E-state index contributed by atoms with van der Waals surface area (Å²) in [6.07, 6.45) is 0.806. The molecular weight excluding hydrogens is 298 g/mol. The van der Waals surface area contributed by atoms with Crippen LogP contribution in [-0.4, -0.2) is 38.8 Å². The van der Waals surface area contributed by atoms with E-state index in [4.69, 9.17) is 9.47 Å². The highest BCUT2D eigenvalue weighted by Gasteiger charge is 2.24. The molecule has 1 N–H and O–H groups in total. The highest BCUT2D eigenvalue weighted by Crippen LogP contribution is 2.25. The smallest absolute Gasteiger partial charge is 0.328 e. The summed E-state index contributed by atoms with van der Waals surface area (Å²) in [7, 11) is 2.55. The van der Waals surface area contributed by atoms with Crippen LogP contribution in [0, 0.1) is 5.92 Å². The van der Waals surface area contributed by atoms with Crippen molar-refractivity contribution in [1.82, 2.24) is 0 Å². The number of rotatable bonds is 9. The highest BCUT2D eigenvalue weighted by atomic mass is 16.5. The Balaban J connectivity index is 2.82. The van der Waals surface area contributed by atoms with Gasteiger partial charge in [-0.2, -0.15) is 0 Å². The standard InChI is InChI=1S/C17H25NO5/c1-12(2)9-10-23-15-8-6-5-7-13(15)18-14(17(20)22-4)11-16(19)21-3/h5-8,12,14,18H,9-11H2,1-4H3. The lowest BCUT2D eigenvalue weighted by molar-refractivity contribution is -0.148. The molecule has 0 saturated heterocycles. The van der Waals surface area contributed by atoms with Crippen molar-refractivity contribution in [3.8, 4) is 5.75 Å². The maximum absolute atomic E-state index is 11.8. The summed E-state index contributed by atoms with van der Waals surface area (Å²) in [4.78, 5) is 23.3. The first-order valence-electron chi connectivity index (χ1n) is 7.61. The summed E-state index contributed by atoms with van der Waals surface area (Å²) in [5.74, 6) is 0.141. The highest BCUT2D eigenvalue weighted by molar-refractivity contribution is 5.85. The van der Waals surface area contributed by atoms with E-state index in [1.54, 1.807) is 6.07 Å². The number of carbonyl (C=O) groups excluding carboxylic acids is 2. The molecule has 0 saturated carbocycles. The van der Waals surface area contributed by atoms with Crippen molar-refractivity contribution >= 4 is 17.6 Å². The Morgan fingerprint density at radius 3 is 2.43 bits per heavy atom. The maximum Gasteiger partial charge on any atom is 0.328 e. The summed E-state index contributed by atoms with van der Waals surface area (Å²) in [5, 5.41) is 3.00. The van der Waals surface area contributed by atoms with Crippen LogP contribution in [0.25, 0.3) is 0 Å². The first kappa shape index (κ1) is 18.8. The zero-order valence-electron chi connectivity index (χ0n) is 14.1. The van der Waals surface area contributed by atoms with E-state index < -0.39 is 18.0 Å². The third kappa shape index (κ3) is 6.59. The molecule has 0 radical (unpaired) electrons. The Kier molecular flexibility index (Phi) is 7.94. The number of hydrogen-bond donors (Lipinski definition) is 1. The van der Waals surface area contributed by atoms with E-state index >= 15 is 0 Å². The van der Waals surface area contributed by atoms with Gasteiger partial charge in [0, 0.05) is 0 Å². The first-order valence-corrected chi connectivity index (χ1v) is 7.61. The van der Waals surface area contributed by atoms with Gasteiger partial charge in [0.05, 0.1) is 32.9 Å². The fourth-order valence-electron chi connectivity index (χ4n) is 1.89. The molecule has 0 aliphatic carbocycles. The molecule has 0 amide bonds. The second-order valence-electron chi connectivity index (χ2n) is 5.53. The molecule has 128 valence electrons. The molecular formula is C17H25NO5. The minimum atomic E-state index is -0.831. The first-order chi connectivity index (χ1) is 11.0. The molecule has 0 aliphatic heterocycles. The molecule has 0 aliphatic rings. The largest absolute Gasteiger partial charge is 0.491 e. The van der Waals surface area contributed by atoms with Gasteiger partial charge in [-0.25, -0.2) is 4.79 Å². The van der Waals surface area contributed by atoms with Crippen LogP contribution in [0.4, 0.5) is 5.69 Å². The number of para-hydroxylation sites is 2. The fourth-order valence-corrected chi connectivity index (χ4v) is 1.89. The van der Waals surface area contributed by atoms with Crippen LogP contribution in [-0.2, 0) is 19.1 Å². The lowest BCUT2D eigenvalue weighted by atomic mass is 10.1. The molecule has 23 heavy (non-hydrogen) atoms.